The van der Waals surface area contributed by atoms with Crippen molar-refractivity contribution in [1.82, 2.24) is 5.32 Å². The first-order valence-electron chi connectivity index (χ1n) is 7.71. The summed E-state index contributed by atoms with van der Waals surface area (Å²) in [5.74, 6) is -0.383. The van der Waals surface area contributed by atoms with Crippen LogP contribution < -0.4 is 5.32 Å². The van der Waals surface area contributed by atoms with Crippen LogP contribution in [-0.4, -0.2) is 31.4 Å². The zero-order valence-corrected chi connectivity index (χ0v) is 16.2. The van der Waals surface area contributed by atoms with Gasteiger partial charge < -0.3 is 5.32 Å². The summed E-state index contributed by atoms with van der Waals surface area (Å²) in [5.41, 5.74) is -0.393. The molecule has 1 atom stereocenters. The van der Waals surface area contributed by atoms with Crippen LogP contribution in [0.1, 0.15) is 37.3 Å². The number of nitrogens with one attached hydrogen (secondary N) is 1. The van der Waals surface area contributed by atoms with Crippen molar-refractivity contribution in [2.45, 2.75) is 49.6 Å². The van der Waals surface area contributed by atoms with Gasteiger partial charge in [0.25, 0.3) is 0 Å². The molecular formula is C16H19BrF3NO3S. The number of carbonyl (C=O) groups is 1. The van der Waals surface area contributed by atoms with Crippen LogP contribution in [0.3, 0.4) is 0 Å². The second-order valence-corrected chi connectivity index (χ2v) is 9.64. The highest BCUT2D eigenvalue weighted by molar-refractivity contribution is 9.10. The molecule has 0 bridgehead atoms. The third-order valence-corrected chi connectivity index (χ3v) is 7.65. The third kappa shape index (κ3) is 4.55. The van der Waals surface area contributed by atoms with Gasteiger partial charge in [0.2, 0.25) is 5.91 Å². The van der Waals surface area contributed by atoms with Gasteiger partial charge in [0.15, 0.2) is 9.84 Å². The van der Waals surface area contributed by atoms with Crippen molar-refractivity contribution in [3.63, 3.8) is 0 Å². The molecule has 1 N–H and O–H groups in total. The van der Waals surface area contributed by atoms with Gasteiger partial charge in [0.1, 0.15) is 0 Å². The molecule has 25 heavy (non-hydrogen) atoms. The fourth-order valence-corrected chi connectivity index (χ4v) is 4.87. The zero-order chi connectivity index (χ0) is 19.0. The van der Waals surface area contributed by atoms with Crippen molar-refractivity contribution in [3.8, 4) is 0 Å². The van der Waals surface area contributed by atoms with Crippen LogP contribution in [0.2, 0.25) is 0 Å². The Morgan fingerprint density at radius 2 is 1.96 bits per heavy atom. The van der Waals surface area contributed by atoms with E-state index in [1.165, 1.54) is 6.07 Å². The Morgan fingerprint density at radius 1 is 1.36 bits per heavy atom. The quantitative estimate of drug-likeness (QED) is 0.734. The minimum Gasteiger partial charge on any atom is -0.352 e. The van der Waals surface area contributed by atoms with Crippen molar-refractivity contribution in [3.05, 3.63) is 33.8 Å². The third-order valence-electron chi connectivity index (χ3n) is 4.64. The molecule has 1 saturated carbocycles. The lowest BCUT2D eigenvalue weighted by Crippen LogP contribution is -2.46. The fourth-order valence-electron chi connectivity index (χ4n) is 2.88. The molecule has 0 aromatic heterocycles. The van der Waals surface area contributed by atoms with E-state index in [-0.39, 0.29) is 18.7 Å². The van der Waals surface area contributed by atoms with E-state index in [2.05, 4.69) is 21.2 Å². The summed E-state index contributed by atoms with van der Waals surface area (Å²) in [5, 5.41) is 2.67. The number of amides is 1. The summed E-state index contributed by atoms with van der Waals surface area (Å²) in [6, 6.07) is 2.76. The average Bonchev–Trinajstić information content (AvgIpc) is 3.26. The van der Waals surface area contributed by atoms with E-state index in [1.807, 2.05) is 0 Å². The van der Waals surface area contributed by atoms with Crippen LogP contribution in [0.15, 0.2) is 22.7 Å². The van der Waals surface area contributed by atoms with Gasteiger partial charge in [-0.25, -0.2) is 8.42 Å². The lowest BCUT2D eigenvalue weighted by Gasteiger charge is -2.23. The molecule has 0 heterocycles. The van der Waals surface area contributed by atoms with Crippen molar-refractivity contribution in [2.75, 3.05) is 6.26 Å². The number of alkyl halides is 3. The van der Waals surface area contributed by atoms with Gasteiger partial charge in [-0.15, -0.1) is 0 Å². The second kappa shape index (κ2) is 6.90. The van der Waals surface area contributed by atoms with Crippen LogP contribution in [0.5, 0.6) is 0 Å². The van der Waals surface area contributed by atoms with Gasteiger partial charge in [-0.1, -0.05) is 15.9 Å². The lowest BCUT2D eigenvalue weighted by molar-refractivity contribution is -0.137. The largest absolute Gasteiger partial charge is 0.416 e. The Morgan fingerprint density at radius 3 is 2.44 bits per heavy atom. The summed E-state index contributed by atoms with van der Waals surface area (Å²) in [6.07, 6.45) is -2.18. The molecule has 4 nitrogen and oxygen atoms in total. The molecule has 1 aliphatic carbocycles. The van der Waals surface area contributed by atoms with Crippen molar-refractivity contribution in [1.29, 1.82) is 0 Å². The minimum atomic E-state index is -4.44. The number of carbonyl (C=O) groups excluding carboxylic acids is 1. The number of hydrogen-bond donors (Lipinski definition) is 1. The molecule has 2 rings (SSSR count). The van der Waals surface area contributed by atoms with E-state index in [9.17, 15) is 26.4 Å². The van der Waals surface area contributed by atoms with E-state index in [1.54, 1.807) is 6.92 Å². The Hall–Kier alpha value is -1.09. The number of halogens is 4. The van der Waals surface area contributed by atoms with Gasteiger partial charge in [-0.3, -0.25) is 4.79 Å². The number of hydrogen-bond acceptors (Lipinski definition) is 3. The number of rotatable bonds is 6. The van der Waals surface area contributed by atoms with Gasteiger partial charge in [0, 0.05) is 23.2 Å². The van der Waals surface area contributed by atoms with Gasteiger partial charge in [-0.2, -0.15) is 13.2 Å². The lowest BCUT2D eigenvalue weighted by atomic mass is 10.1. The first kappa shape index (κ1) is 20.2. The molecule has 1 aliphatic rings. The summed E-state index contributed by atoms with van der Waals surface area (Å²) in [7, 11) is -3.28. The van der Waals surface area contributed by atoms with Crippen LogP contribution >= 0.6 is 15.9 Å². The zero-order valence-electron chi connectivity index (χ0n) is 13.8. The molecular weight excluding hydrogens is 423 g/mol. The normalized spacial score (nSPS) is 17.8. The summed E-state index contributed by atoms with van der Waals surface area (Å²) in [6.45, 7) is 1.64. The Kier molecular flexibility index (Phi) is 5.59. The number of aryl methyl sites for hydroxylation is 1. The minimum absolute atomic E-state index is 0.0237. The highest BCUT2D eigenvalue weighted by Crippen LogP contribution is 2.46. The first-order chi connectivity index (χ1) is 11.4. The molecule has 9 heteroatoms. The van der Waals surface area contributed by atoms with Crippen LogP contribution in [0.4, 0.5) is 13.2 Å². The predicted octanol–water partition coefficient (Wildman–Crippen LogP) is 3.48. The highest BCUT2D eigenvalue weighted by atomic mass is 79.9. The molecule has 0 radical (unpaired) electrons. The second-order valence-electron chi connectivity index (χ2n) is 6.43. The molecule has 0 saturated heterocycles. The fraction of sp³-hybridized carbons (Fsp3) is 0.562. The van der Waals surface area contributed by atoms with Crippen LogP contribution in [0, 0.1) is 0 Å². The standard InChI is InChI=1S/C16H19BrF3NO3S/c1-10(15(7-8-15)25(2,23)24)21-14(22)6-3-11-9-12(16(18,19)20)4-5-13(11)17/h4-5,9-10H,3,6-8H2,1-2H3,(H,21,22). The summed E-state index contributed by atoms with van der Waals surface area (Å²) >= 11 is 3.19. The molecule has 0 aliphatic heterocycles. The van der Waals surface area contributed by atoms with Crippen LogP contribution in [-0.2, 0) is 27.2 Å². The number of benzene rings is 1. The monoisotopic (exact) mass is 441 g/mol. The molecule has 1 aromatic rings. The number of sulfone groups is 1. The maximum Gasteiger partial charge on any atom is 0.416 e. The average molecular weight is 442 g/mol. The van der Waals surface area contributed by atoms with Gasteiger partial charge >= 0.3 is 6.18 Å². The molecule has 1 amide bonds. The van der Waals surface area contributed by atoms with E-state index in [4.69, 9.17) is 0 Å². The molecule has 1 aromatic carbocycles. The van der Waals surface area contributed by atoms with Gasteiger partial charge in [-0.05, 0) is 49.9 Å². The summed E-state index contributed by atoms with van der Waals surface area (Å²) in [4.78, 5) is 12.1. The Bertz CT molecular complexity index is 773. The first-order valence-corrected chi connectivity index (χ1v) is 10.4. The summed E-state index contributed by atoms with van der Waals surface area (Å²) < 4.78 is 61.6. The van der Waals surface area contributed by atoms with Crippen molar-refractivity contribution >= 4 is 31.7 Å². The van der Waals surface area contributed by atoms with E-state index in [0.717, 1.165) is 18.4 Å². The Balaban J connectivity index is 1.99. The maximum atomic E-state index is 12.8. The highest BCUT2D eigenvalue weighted by Gasteiger charge is 2.56. The van der Waals surface area contributed by atoms with E-state index in [0.29, 0.717) is 22.9 Å². The topological polar surface area (TPSA) is 63.2 Å². The molecule has 0 spiro atoms. The van der Waals surface area contributed by atoms with Crippen molar-refractivity contribution in [2.24, 2.45) is 0 Å². The van der Waals surface area contributed by atoms with E-state index < -0.39 is 32.4 Å². The van der Waals surface area contributed by atoms with E-state index >= 15 is 0 Å². The van der Waals surface area contributed by atoms with Gasteiger partial charge in [0.05, 0.1) is 10.3 Å². The Labute approximate surface area is 153 Å². The smallest absolute Gasteiger partial charge is 0.352 e. The van der Waals surface area contributed by atoms with Crippen molar-refractivity contribution < 1.29 is 26.4 Å². The molecule has 1 unspecified atom stereocenters. The predicted molar refractivity (Wildman–Crippen MR) is 91.9 cm³/mol. The maximum absolute atomic E-state index is 12.8. The molecule has 140 valence electrons. The van der Waals surface area contributed by atoms with Crippen LogP contribution in [0.25, 0.3) is 0 Å². The SMILES string of the molecule is CC(NC(=O)CCc1cc(C(F)(F)F)ccc1Br)C1(S(C)(=O)=O)CC1. The molecule has 1 fully saturated rings.